The first-order valence-electron chi connectivity index (χ1n) is 7.63. The number of ether oxygens (including phenoxy) is 1. The van der Waals surface area contributed by atoms with E-state index in [0.29, 0.717) is 29.8 Å². The summed E-state index contributed by atoms with van der Waals surface area (Å²) < 4.78 is 5.58. The zero-order chi connectivity index (χ0) is 15.2. The highest BCUT2D eigenvalue weighted by Crippen LogP contribution is 2.21. The van der Waals surface area contributed by atoms with E-state index in [0.717, 1.165) is 6.54 Å². The predicted octanol–water partition coefficient (Wildman–Crippen LogP) is 2.42. The normalized spacial score (nSPS) is 24.3. The maximum atomic E-state index is 10.1. The average Bonchev–Trinajstić information content (AvgIpc) is 2.49. The van der Waals surface area contributed by atoms with Crippen molar-refractivity contribution in [1.29, 1.82) is 5.26 Å². The summed E-state index contributed by atoms with van der Waals surface area (Å²) in [6.07, 6.45) is 1.98. The van der Waals surface area contributed by atoms with Crippen LogP contribution in [0.5, 0.6) is 5.75 Å². The van der Waals surface area contributed by atoms with Crippen LogP contribution in [0.25, 0.3) is 0 Å². The number of nitriles is 1. The molecule has 0 saturated carbocycles. The van der Waals surface area contributed by atoms with Gasteiger partial charge in [-0.3, -0.25) is 4.90 Å². The van der Waals surface area contributed by atoms with Crippen LogP contribution in [0.15, 0.2) is 24.3 Å². The van der Waals surface area contributed by atoms with Gasteiger partial charge in [0.15, 0.2) is 0 Å². The van der Waals surface area contributed by atoms with Crippen LogP contribution in [0.2, 0.25) is 0 Å². The second kappa shape index (κ2) is 7.44. The average molecular weight is 288 g/mol. The van der Waals surface area contributed by atoms with E-state index >= 15 is 0 Å². The Labute approximate surface area is 127 Å². The zero-order valence-electron chi connectivity index (χ0n) is 12.8. The van der Waals surface area contributed by atoms with Gasteiger partial charge in [-0.05, 0) is 49.9 Å². The monoisotopic (exact) mass is 288 g/mol. The fourth-order valence-corrected chi connectivity index (χ4v) is 2.78. The molecule has 3 atom stereocenters. The molecule has 1 aliphatic rings. The molecule has 1 aromatic rings. The molecule has 0 radical (unpaired) electrons. The van der Waals surface area contributed by atoms with Crippen LogP contribution in [0.1, 0.15) is 32.3 Å². The second-order valence-corrected chi connectivity index (χ2v) is 6.09. The van der Waals surface area contributed by atoms with Gasteiger partial charge in [-0.25, -0.2) is 0 Å². The summed E-state index contributed by atoms with van der Waals surface area (Å²) in [4.78, 5) is 2.35. The van der Waals surface area contributed by atoms with Crippen molar-refractivity contribution >= 4 is 0 Å². The maximum Gasteiger partial charge on any atom is 0.119 e. The lowest BCUT2D eigenvalue weighted by Crippen LogP contribution is -2.46. The van der Waals surface area contributed by atoms with Crippen molar-refractivity contribution in [2.24, 2.45) is 5.92 Å². The number of nitrogens with zero attached hydrogens (tertiary/aromatic N) is 2. The standard InChI is InChI=1S/C17H24N2O2/c1-13-3-4-14(2)19(10-13)11-16(20)12-21-17-7-5-15(9-18)6-8-17/h5-8,13-14,16,20H,3-4,10-12H2,1-2H3. The third-order valence-electron chi connectivity index (χ3n) is 4.12. The largest absolute Gasteiger partial charge is 0.491 e. The Kier molecular flexibility index (Phi) is 5.60. The third kappa shape index (κ3) is 4.73. The summed E-state index contributed by atoms with van der Waals surface area (Å²) in [5.74, 6) is 1.39. The van der Waals surface area contributed by atoms with Gasteiger partial charge in [-0.2, -0.15) is 5.26 Å². The zero-order valence-corrected chi connectivity index (χ0v) is 12.8. The van der Waals surface area contributed by atoms with Gasteiger partial charge in [0, 0.05) is 19.1 Å². The highest BCUT2D eigenvalue weighted by molar-refractivity contribution is 5.34. The molecule has 4 nitrogen and oxygen atoms in total. The molecule has 0 aromatic heterocycles. The van der Waals surface area contributed by atoms with Gasteiger partial charge >= 0.3 is 0 Å². The Morgan fingerprint density at radius 3 is 2.71 bits per heavy atom. The molecule has 1 aromatic carbocycles. The van der Waals surface area contributed by atoms with E-state index in [-0.39, 0.29) is 6.61 Å². The quantitative estimate of drug-likeness (QED) is 0.904. The van der Waals surface area contributed by atoms with Gasteiger partial charge < -0.3 is 9.84 Å². The van der Waals surface area contributed by atoms with Crippen molar-refractivity contribution in [2.75, 3.05) is 19.7 Å². The summed E-state index contributed by atoms with van der Waals surface area (Å²) in [6, 6.07) is 9.56. The molecule has 3 unspecified atom stereocenters. The van der Waals surface area contributed by atoms with Gasteiger partial charge in [-0.1, -0.05) is 6.92 Å². The minimum absolute atomic E-state index is 0.281. The summed E-state index contributed by atoms with van der Waals surface area (Å²) >= 11 is 0. The van der Waals surface area contributed by atoms with Crippen molar-refractivity contribution in [3.05, 3.63) is 29.8 Å². The van der Waals surface area contributed by atoms with Gasteiger partial charge in [0.05, 0.1) is 11.6 Å². The number of aliphatic hydroxyl groups is 1. The van der Waals surface area contributed by atoms with Crippen molar-refractivity contribution in [3.8, 4) is 11.8 Å². The number of rotatable bonds is 5. The first kappa shape index (κ1) is 15.8. The number of benzene rings is 1. The molecule has 1 heterocycles. The first-order valence-corrected chi connectivity index (χ1v) is 7.63. The fourth-order valence-electron chi connectivity index (χ4n) is 2.78. The van der Waals surface area contributed by atoms with E-state index in [4.69, 9.17) is 10.00 Å². The number of hydrogen-bond acceptors (Lipinski definition) is 4. The molecule has 114 valence electrons. The number of likely N-dealkylation sites (tertiary alicyclic amines) is 1. The Morgan fingerprint density at radius 1 is 1.33 bits per heavy atom. The molecule has 1 fully saturated rings. The third-order valence-corrected chi connectivity index (χ3v) is 4.12. The summed E-state index contributed by atoms with van der Waals surface area (Å²) in [6.45, 7) is 6.47. The van der Waals surface area contributed by atoms with E-state index in [2.05, 4.69) is 24.8 Å². The molecular weight excluding hydrogens is 264 g/mol. The highest BCUT2D eigenvalue weighted by atomic mass is 16.5. The molecular formula is C17H24N2O2. The SMILES string of the molecule is CC1CCC(C)N(CC(O)COc2ccc(C#N)cc2)C1. The van der Waals surface area contributed by atoms with Crippen LogP contribution in [0.4, 0.5) is 0 Å². The maximum absolute atomic E-state index is 10.1. The van der Waals surface area contributed by atoms with Crippen LogP contribution in [0, 0.1) is 17.2 Å². The van der Waals surface area contributed by atoms with Gasteiger partial charge in [0.25, 0.3) is 0 Å². The first-order chi connectivity index (χ1) is 10.1. The van der Waals surface area contributed by atoms with E-state index < -0.39 is 6.10 Å². The van der Waals surface area contributed by atoms with Crippen LogP contribution < -0.4 is 4.74 Å². The number of aliphatic hydroxyl groups excluding tert-OH is 1. The van der Waals surface area contributed by atoms with Crippen molar-refractivity contribution in [2.45, 2.75) is 38.8 Å². The lowest BCUT2D eigenvalue weighted by atomic mass is 9.95. The van der Waals surface area contributed by atoms with Gasteiger partial charge in [0.1, 0.15) is 18.5 Å². The van der Waals surface area contributed by atoms with E-state index in [1.165, 1.54) is 12.8 Å². The minimum Gasteiger partial charge on any atom is -0.491 e. The highest BCUT2D eigenvalue weighted by Gasteiger charge is 2.24. The molecule has 4 heteroatoms. The Balaban J connectivity index is 1.78. The molecule has 21 heavy (non-hydrogen) atoms. The van der Waals surface area contributed by atoms with E-state index in [1.807, 2.05) is 0 Å². The number of piperidine rings is 1. The molecule has 0 spiro atoms. The minimum atomic E-state index is -0.492. The van der Waals surface area contributed by atoms with Gasteiger partial charge in [-0.15, -0.1) is 0 Å². The Morgan fingerprint density at radius 2 is 2.05 bits per heavy atom. The molecule has 0 aliphatic carbocycles. The molecule has 0 amide bonds. The second-order valence-electron chi connectivity index (χ2n) is 6.09. The predicted molar refractivity (Wildman–Crippen MR) is 82.1 cm³/mol. The summed E-state index contributed by atoms with van der Waals surface area (Å²) in [5, 5.41) is 18.9. The number of hydrogen-bond donors (Lipinski definition) is 1. The smallest absolute Gasteiger partial charge is 0.119 e. The van der Waals surface area contributed by atoms with E-state index in [1.54, 1.807) is 24.3 Å². The van der Waals surface area contributed by atoms with Crippen LogP contribution in [-0.4, -0.2) is 41.8 Å². The molecule has 1 aliphatic heterocycles. The van der Waals surface area contributed by atoms with Crippen LogP contribution >= 0.6 is 0 Å². The summed E-state index contributed by atoms with van der Waals surface area (Å²) in [7, 11) is 0. The Hall–Kier alpha value is -1.57. The van der Waals surface area contributed by atoms with Crippen molar-refractivity contribution in [3.63, 3.8) is 0 Å². The van der Waals surface area contributed by atoms with Gasteiger partial charge in [0.2, 0.25) is 0 Å². The topological polar surface area (TPSA) is 56.5 Å². The number of β-amino-alcohol motifs (C(OH)–C–C–N with tert-alkyl or cyclic N) is 1. The lowest BCUT2D eigenvalue weighted by molar-refractivity contribution is 0.0329. The molecule has 2 rings (SSSR count). The Bertz CT molecular complexity index is 481. The molecule has 0 bridgehead atoms. The van der Waals surface area contributed by atoms with Crippen LogP contribution in [-0.2, 0) is 0 Å². The molecule has 1 N–H and O–H groups in total. The fraction of sp³-hybridized carbons (Fsp3) is 0.588. The lowest BCUT2D eigenvalue weighted by Gasteiger charge is -2.37. The molecule has 1 saturated heterocycles. The summed E-state index contributed by atoms with van der Waals surface area (Å²) in [5.41, 5.74) is 0.610. The van der Waals surface area contributed by atoms with E-state index in [9.17, 15) is 5.11 Å². The van der Waals surface area contributed by atoms with Crippen LogP contribution in [0.3, 0.4) is 0 Å². The van der Waals surface area contributed by atoms with Crippen molar-refractivity contribution in [1.82, 2.24) is 4.90 Å². The van der Waals surface area contributed by atoms with Crippen molar-refractivity contribution < 1.29 is 9.84 Å².